The third-order valence-electron chi connectivity index (χ3n) is 5.83. The zero-order chi connectivity index (χ0) is 25.9. The summed E-state index contributed by atoms with van der Waals surface area (Å²) in [7, 11) is 0. The van der Waals surface area contributed by atoms with Gasteiger partial charge in [-0.05, 0) is 48.2 Å². The molecule has 0 aliphatic heterocycles. The highest BCUT2D eigenvalue weighted by Gasteiger charge is 2.30. The number of halogens is 1. The Labute approximate surface area is 224 Å². The van der Waals surface area contributed by atoms with Gasteiger partial charge in [-0.2, -0.15) is 0 Å². The fraction of sp³-hybridized carbons (Fsp3) is 0.333. The zero-order valence-electron chi connectivity index (χ0n) is 21.2. The minimum atomic E-state index is -0.612. The van der Waals surface area contributed by atoms with Gasteiger partial charge in [-0.3, -0.25) is 9.59 Å². The van der Waals surface area contributed by atoms with Crippen molar-refractivity contribution in [2.24, 2.45) is 5.92 Å². The molecule has 190 valence electrons. The Bertz CT molecular complexity index is 1100. The molecule has 0 fully saturated rings. The molecule has 0 saturated heterocycles. The number of hydrogen-bond acceptors (Lipinski definition) is 3. The van der Waals surface area contributed by atoms with Gasteiger partial charge < -0.3 is 10.2 Å². The summed E-state index contributed by atoms with van der Waals surface area (Å²) >= 11 is 7.75. The van der Waals surface area contributed by atoms with E-state index in [1.54, 1.807) is 16.7 Å². The smallest absolute Gasteiger partial charge is 0.243 e. The Balaban J connectivity index is 1.82. The van der Waals surface area contributed by atoms with Crippen molar-refractivity contribution in [3.8, 4) is 0 Å². The van der Waals surface area contributed by atoms with E-state index in [9.17, 15) is 9.59 Å². The molecule has 0 aliphatic rings. The Morgan fingerprint density at radius 1 is 0.917 bits per heavy atom. The Morgan fingerprint density at radius 2 is 1.58 bits per heavy atom. The second-order valence-electron chi connectivity index (χ2n) is 9.40. The van der Waals surface area contributed by atoms with Crippen LogP contribution in [-0.2, 0) is 22.6 Å². The largest absolute Gasteiger partial charge is 0.354 e. The van der Waals surface area contributed by atoms with Crippen molar-refractivity contribution in [3.05, 3.63) is 101 Å². The number of hydrogen-bond donors (Lipinski definition) is 1. The SMILES string of the molecule is Cc1ccc(SCCC(=O)N(Cc2ccc(Cl)cc2)[C@@H](Cc2ccccc2)C(=O)NCC(C)C)cc1. The summed E-state index contributed by atoms with van der Waals surface area (Å²) in [6, 6.07) is 25.0. The van der Waals surface area contributed by atoms with Gasteiger partial charge in [0.2, 0.25) is 11.8 Å². The topological polar surface area (TPSA) is 49.4 Å². The van der Waals surface area contributed by atoms with Crippen molar-refractivity contribution < 1.29 is 9.59 Å². The number of carbonyl (C=O) groups is 2. The molecule has 0 heterocycles. The normalized spacial score (nSPS) is 11.8. The predicted octanol–water partition coefficient (Wildman–Crippen LogP) is 6.54. The van der Waals surface area contributed by atoms with Crippen molar-refractivity contribution in [3.63, 3.8) is 0 Å². The lowest BCUT2D eigenvalue weighted by atomic mass is 10.0. The molecule has 0 unspecified atom stereocenters. The fourth-order valence-corrected chi connectivity index (χ4v) is 4.76. The number of amides is 2. The Morgan fingerprint density at radius 3 is 2.22 bits per heavy atom. The number of benzene rings is 3. The molecule has 3 rings (SSSR count). The van der Waals surface area contributed by atoms with Crippen molar-refractivity contribution in [1.29, 1.82) is 0 Å². The molecule has 1 atom stereocenters. The first-order chi connectivity index (χ1) is 17.3. The highest BCUT2D eigenvalue weighted by molar-refractivity contribution is 7.99. The molecule has 4 nitrogen and oxygen atoms in total. The maximum atomic E-state index is 13.6. The Hall–Kier alpha value is -2.76. The molecule has 0 aliphatic carbocycles. The lowest BCUT2D eigenvalue weighted by Gasteiger charge is -2.32. The van der Waals surface area contributed by atoms with E-state index >= 15 is 0 Å². The van der Waals surface area contributed by atoms with Crippen LogP contribution in [0.1, 0.15) is 37.0 Å². The number of thioether (sulfide) groups is 1. The summed E-state index contributed by atoms with van der Waals surface area (Å²) in [6.07, 6.45) is 0.796. The van der Waals surface area contributed by atoms with Crippen molar-refractivity contribution >= 4 is 35.2 Å². The van der Waals surface area contributed by atoms with E-state index in [0.717, 1.165) is 16.0 Å². The molecule has 1 N–H and O–H groups in total. The third kappa shape index (κ3) is 9.03. The maximum Gasteiger partial charge on any atom is 0.243 e. The molecule has 0 radical (unpaired) electrons. The van der Waals surface area contributed by atoms with Crippen LogP contribution in [-0.4, -0.2) is 35.1 Å². The minimum Gasteiger partial charge on any atom is -0.354 e. The summed E-state index contributed by atoms with van der Waals surface area (Å²) in [6.45, 7) is 7.09. The van der Waals surface area contributed by atoms with Gasteiger partial charge in [0.05, 0.1) is 0 Å². The average molecular weight is 523 g/mol. The molecule has 2 amide bonds. The number of nitrogens with zero attached hydrogens (tertiary/aromatic N) is 1. The quantitative estimate of drug-likeness (QED) is 0.275. The van der Waals surface area contributed by atoms with Crippen LogP contribution in [0.3, 0.4) is 0 Å². The fourth-order valence-electron chi connectivity index (χ4n) is 3.80. The minimum absolute atomic E-state index is 0.0369. The van der Waals surface area contributed by atoms with E-state index in [0.29, 0.717) is 42.6 Å². The lowest BCUT2D eigenvalue weighted by molar-refractivity contribution is -0.141. The van der Waals surface area contributed by atoms with E-state index in [2.05, 4.69) is 50.4 Å². The van der Waals surface area contributed by atoms with Gasteiger partial charge in [-0.1, -0.05) is 85.6 Å². The van der Waals surface area contributed by atoms with Gasteiger partial charge >= 0.3 is 0 Å². The van der Waals surface area contributed by atoms with Crippen LogP contribution in [0.4, 0.5) is 0 Å². The standard InChI is InChI=1S/C30H35ClN2O2S/c1-22(2)20-32-30(35)28(19-24-7-5-4-6-8-24)33(21-25-11-13-26(31)14-12-25)29(34)17-18-36-27-15-9-23(3)10-16-27/h4-16,22,28H,17-21H2,1-3H3,(H,32,35)/t28-/m0/s1. The van der Waals surface area contributed by atoms with E-state index in [1.807, 2.05) is 54.6 Å². The van der Waals surface area contributed by atoms with Crippen LogP contribution in [0.15, 0.2) is 83.8 Å². The molecule has 3 aromatic rings. The second kappa shape index (κ2) is 14.1. The van der Waals surface area contributed by atoms with Gasteiger partial charge in [-0.15, -0.1) is 11.8 Å². The summed E-state index contributed by atoms with van der Waals surface area (Å²) < 4.78 is 0. The van der Waals surface area contributed by atoms with Crippen molar-refractivity contribution in [2.75, 3.05) is 12.3 Å². The first kappa shape index (κ1) is 27.8. The molecule has 3 aromatic carbocycles. The number of aryl methyl sites for hydroxylation is 1. The van der Waals surface area contributed by atoms with Gasteiger partial charge in [0.1, 0.15) is 6.04 Å². The highest BCUT2D eigenvalue weighted by atomic mass is 35.5. The first-order valence-corrected chi connectivity index (χ1v) is 13.7. The highest BCUT2D eigenvalue weighted by Crippen LogP contribution is 2.22. The van der Waals surface area contributed by atoms with E-state index in [1.165, 1.54) is 5.56 Å². The maximum absolute atomic E-state index is 13.6. The van der Waals surface area contributed by atoms with Crippen LogP contribution < -0.4 is 5.32 Å². The molecular formula is C30H35ClN2O2S. The van der Waals surface area contributed by atoms with E-state index in [4.69, 9.17) is 11.6 Å². The van der Waals surface area contributed by atoms with Crippen LogP contribution in [0.5, 0.6) is 0 Å². The van der Waals surface area contributed by atoms with Gasteiger partial charge in [0.25, 0.3) is 0 Å². The van der Waals surface area contributed by atoms with Crippen LogP contribution in [0.2, 0.25) is 5.02 Å². The molecule has 0 spiro atoms. The van der Waals surface area contributed by atoms with Crippen LogP contribution in [0, 0.1) is 12.8 Å². The van der Waals surface area contributed by atoms with Gasteiger partial charge in [-0.25, -0.2) is 0 Å². The first-order valence-electron chi connectivity index (χ1n) is 12.4. The molecule has 6 heteroatoms. The zero-order valence-corrected chi connectivity index (χ0v) is 22.8. The summed E-state index contributed by atoms with van der Waals surface area (Å²) in [5.74, 6) is 0.800. The van der Waals surface area contributed by atoms with Crippen LogP contribution >= 0.6 is 23.4 Å². The Kier molecular flexibility index (Phi) is 10.9. The molecule has 0 aromatic heterocycles. The number of carbonyl (C=O) groups excluding carboxylic acids is 2. The predicted molar refractivity (Wildman–Crippen MR) is 150 cm³/mol. The second-order valence-corrected chi connectivity index (χ2v) is 11.0. The molecule has 0 saturated carbocycles. The third-order valence-corrected chi connectivity index (χ3v) is 7.09. The summed E-state index contributed by atoms with van der Waals surface area (Å²) in [4.78, 5) is 29.9. The van der Waals surface area contributed by atoms with Crippen LogP contribution in [0.25, 0.3) is 0 Å². The monoisotopic (exact) mass is 522 g/mol. The van der Waals surface area contributed by atoms with Gasteiger partial charge in [0, 0.05) is 41.6 Å². The number of nitrogens with one attached hydrogen (secondary N) is 1. The molecule has 0 bridgehead atoms. The number of rotatable bonds is 12. The molecule has 36 heavy (non-hydrogen) atoms. The van der Waals surface area contributed by atoms with Gasteiger partial charge in [0.15, 0.2) is 0 Å². The lowest BCUT2D eigenvalue weighted by Crippen LogP contribution is -2.51. The average Bonchev–Trinajstić information content (AvgIpc) is 2.87. The van der Waals surface area contributed by atoms with Crippen molar-refractivity contribution in [1.82, 2.24) is 10.2 Å². The van der Waals surface area contributed by atoms with E-state index < -0.39 is 6.04 Å². The molecular weight excluding hydrogens is 488 g/mol. The summed E-state index contributed by atoms with van der Waals surface area (Å²) in [5, 5.41) is 3.70. The van der Waals surface area contributed by atoms with Crippen molar-refractivity contribution in [2.45, 2.75) is 51.1 Å². The summed E-state index contributed by atoms with van der Waals surface area (Å²) in [5.41, 5.74) is 3.17. The van der Waals surface area contributed by atoms with E-state index in [-0.39, 0.29) is 11.8 Å².